The molecular formula is C14H19N3O3. The van der Waals surface area contributed by atoms with Crippen LogP contribution in [0.1, 0.15) is 47.4 Å². The average Bonchev–Trinajstić information content (AvgIpc) is 2.97. The van der Waals surface area contributed by atoms with Crippen LogP contribution < -0.4 is 10.1 Å². The van der Waals surface area contributed by atoms with Crippen molar-refractivity contribution in [1.82, 2.24) is 15.5 Å². The number of ether oxygens (including phenoxy) is 1. The monoisotopic (exact) mass is 277 g/mol. The van der Waals surface area contributed by atoms with Crippen molar-refractivity contribution in [2.75, 3.05) is 6.61 Å². The summed E-state index contributed by atoms with van der Waals surface area (Å²) in [4.78, 5) is 12.1. The molecule has 2 heterocycles. The summed E-state index contributed by atoms with van der Waals surface area (Å²) in [6, 6.07) is 3.08. The van der Waals surface area contributed by atoms with E-state index in [0.29, 0.717) is 12.6 Å². The number of nitrogens with one attached hydrogen (secondary N) is 2. The van der Waals surface area contributed by atoms with E-state index in [1.807, 2.05) is 27.7 Å². The van der Waals surface area contributed by atoms with Crippen molar-refractivity contribution < 1.29 is 13.9 Å². The fraction of sp³-hybridized carbons (Fsp3) is 0.429. The molecule has 1 atom stereocenters. The summed E-state index contributed by atoms with van der Waals surface area (Å²) in [7, 11) is 0. The van der Waals surface area contributed by atoms with Gasteiger partial charge in [-0.15, -0.1) is 0 Å². The maximum atomic E-state index is 12.1. The van der Waals surface area contributed by atoms with Crippen molar-refractivity contribution >= 4 is 5.91 Å². The Labute approximate surface area is 117 Å². The van der Waals surface area contributed by atoms with E-state index in [2.05, 4.69) is 15.5 Å². The van der Waals surface area contributed by atoms with Gasteiger partial charge in [0.05, 0.1) is 18.3 Å². The normalized spacial score (nSPS) is 12.2. The first-order chi connectivity index (χ1) is 9.52. The Balaban J connectivity index is 2.07. The van der Waals surface area contributed by atoms with E-state index in [1.165, 1.54) is 0 Å². The number of hydrogen-bond donors (Lipinski definition) is 2. The number of carbonyl (C=O) groups is 1. The van der Waals surface area contributed by atoms with E-state index in [-0.39, 0.29) is 17.7 Å². The minimum absolute atomic E-state index is 0.151. The maximum Gasteiger partial charge on any atom is 0.287 e. The van der Waals surface area contributed by atoms with Gasteiger partial charge in [-0.1, -0.05) is 0 Å². The number of carbonyl (C=O) groups excluding carboxylic acids is 1. The molecule has 2 N–H and O–H groups in total. The van der Waals surface area contributed by atoms with Crippen LogP contribution in [0, 0.1) is 13.8 Å². The quantitative estimate of drug-likeness (QED) is 0.880. The van der Waals surface area contributed by atoms with Gasteiger partial charge in [-0.25, -0.2) is 0 Å². The molecule has 0 bridgehead atoms. The highest BCUT2D eigenvalue weighted by atomic mass is 16.6. The van der Waals surface area contributed by atoms with Crippen molar-refractivity contribution in [1.29, 1.82) is 0 Å². The number of rotatable bonds is 5. The Morgan fingerprint density at radius 3 is 2.85 bits per heavy atom. The Morgan fingerprint density at radius 2 is 2.25 bits per heavy atom. The van der Waals surface area contributed by atoms with Crippen LogP contribution in [-0.2, 0) is 0 Å². The number of aryl methyl sites for hydroxylation is 2. The first kappa shape index (κ1) is 14.2. The molecule has 0 saturated carbocycles. The molecule has 2 aromatic rings. The molecule has 0 unspecified atom stereocenters. The number of amides is 1. The molecule has 108 valence electrons. The molecule has 0 aliphatic carbocycles. The summed E-state index contributed by atoms with van der Waals surface area (Å²) in [5.41, 5.74) is 2.82. The van der Waals surface area contributed by atoms with Crippen LogP contribution in [0.3, 0.4) is 0 Å². The molecule has 0 radical (unpaired) electrons. The predicted molar refractivity (Wildman–Crippen MR) is 73.8 cm³/mol. The summed E-state index contributed by atoms with van der Waals surface area (Å²) >= 11 is 0. The highest BCUT2D eigenvalue weighted by Crippen LogP contribution is 2.21. The molecule has 2 aromatic heterocycles. The molecule has 6 heteroatoms. The third-order valence-corrected chi connectivity index (χ3v) is 3.06. The largest absolute Gasteiger partial charge is 0.465 e. The zero-order valence-electron chi connectivity index (χ0n) is 12.1. The van der Waals surface area contributed by atoms with Crippen LogP contribution in [-0.4, -0.2) is 22.7 Å². The van der Waals surface area contributed by atoms with Gasteiger partial charge in [-0.2, -0.15) is 5.10 Å². The fourth-order valence-electron chi connectivity index (χ4n) is 2.20. The highest BCUT2D eigenvalue weighted by Gasteiger charge is 2.19. The fourth-order valence-corrected chi connectivity index (χ4v) is 2.20. The van der Waals surface area contributed by atoms with Gasteiger partial charge in [-0.05, 0) is 33.8 Å². The second-order valence-electron chi connectivity index (χ2n) is 4.59. The minimum atomic E-state index is -0.275. The van der Waals surface area contributed by atoms with Gasteiger partial charge in [0.1, 0.15) is 0 Å². The van der Waals surface area contributed by atoms with Crippen LogP contribution >= 0.6 is 0 Å². The second kappa shape index (κ2) is 5.81. The third-order valence-electron chi connectivity index (χ3n) is 3.06. The molecule has 0 aliphatic heterocycles. The standard InChI is InChI=1S/C14H19N3O3/c1-5-19-12-7-6-11(20-12)14(18)15-8(2)13-9(3)16-17-10(13)4/h6-8H,5H2,1-4H3,(H,15,18)(H,16,17)/t8-/m1/s1. The zero-order valence-corrected chi connectivity index (χ0v) is 12.1. The first-order valence-corrected chi connectivity index (χ1v) is 6.57. The SMILES string of the molecule is CCOc1ccc(C(=O)N[C@H](C)c2c(C)n[nH]c2C)o1. The second-order valence-corrected chi connectivity index (χ2v) is 4.59. The Kier molecular flexibility index (Phi) is 4.12. The number of H-pyrrole nitrogens is 1. The lowest BCUT2D eigenvalue weighted by molar-refractivity contribution is 0.0903. The molecule has 6 nitrogen and oxygen atoms in total. The Morgan fingerprint density at radius 1 is 1.50 bits per heavy atom. The molecule has 0 aliphatic rings. The average molecular weight is 277 g/mol. The number of furan rings is 1. The van der Waals surface area contributed by atoms with Gasteiger partial charge in [-0.3, -0.25) is 9.89 Å². The minimum Gasteiger partial charge on any atom is -0.465 e. The summed E-state index contributed by atoms with van der Waals surface area (Å²) in [5.74, 6) is 0.309. The summed E-state index contributed by atoms with van der Waals surface area (Å²) in [5, 5.41) is 9.92. The lowest BCUT2D eigenvalue weighted by Gasteiger charge is -2.13. The van der Waals surface area contributed by atoms with Crippen molar-refractivity contribution in [3.05, 3.63) is 34.8 Å². The van der Waals surface area contributed by atoms with Crippen LogP contribution in [0.15, 0.2) is 16.5 Å². The lowest BCUT2D eigenvalue weighted by Crippen LogP contribution is -2.26. The van der Waals surface area contributed by atoms with Crippen molar-refractivity contribution in [3.63, 3.8) is 0 Å². The summed E-state index contributed by atoms with van der Waals surface area (Å²) in [6.45, 7) is 8.10. The Bertz CT molecular complexity index is 581. The number of aromatic nitrogens is 2. The molecule has 0 saturated heterocycles. The molecule has 0 fully saturated rings. The van der Waals surface area contributed by atoms with Gasteiger partial charge in [0, 0.05) is 17.3 Å². The number of hydrogen-bond acceptors (Lipinski definition) is 4. The molecule has 0 spiro atoms. The van der Waals surface area contributed by atoms with E-state index in [1.54, 1.807) is 12.1 Å². The van der Waals surface area contributed by atoms with Crippen molar-refractivity contribution in [2.45, 2.75) is 33.7 Å². The van der Waals surface area contributed by atoms with Crippen molar-refractivity contribution in [3.8, 4) is 5.95 Å². The summed E-state index contributed by atoms with van der Waals surface area (Å²) in [6.07, 6.45) is 0. The van der Waals surface area contributed by atoms with E-state index >= 15 is 0 Å². The Hall–Kier alpha value is -2.24. The third kappa shape index (κ3) is 2.84. The highest BCUT2D eigenvalue weighted by molar-refractivity contribution is 5.91. The van der Waals surface area contributed by atoms with Crippen LogP contribution in [0.4, 0.5) is 0 Å². The van der Waals surface area contributed by atoms with Crippen LogP contribution in [0.5, 0.6) is 5.95 Å². The van der Waals surface area contributed by atoms with E-state index in [4.69, 9.17) is 9.15 Å². The number of aromatic amines is 1. The van der Waals surface area contributed by atoms with E-state index in [0.717, 1.165) is 17.0 Å². The maximum absolute atomic E-state index is 12.1. The van der Waals surface area contributed by atoms with Crippen molar-refractivity contribution in [2.24, 2.45) is 0 Å². The summed E-state index contributed by atoms with van der Waals surface area (Å²) < 4.78 is 10.5. The van der Waals surface area contributed by atoms with Crippen LogP contribution in [0.2, 0.25) is 0 Å². The van der Waals surface area contributed by atoms with Gasteiger partial charge in [0.25, 0.3) is 11.9 Å². The molecule has 0 aromatic carbocycles. The smallest absolute Gasteiger partial charge is 0.287 e. The predicted octanol–water partition coefficient (Wildman–Crippen LogP) is 2.51. The van der Waals surface area contributed by atoms with Gasteiger partial charge >= 0.3 is 0 Å². The molecule has 2 rings (SSSR count). The van der Waals surface area contributed by atoms with Gasteiger partial charge in [0.2, 0.25) is 0 Å². The molecule has 20 heavy (non-hydrogen) atoms. The lowest BCUT2D eigenvalue weighted by atomic mass is 10.1. The van der Waals surface area contributed by atoms with Crippen LogP contribution in [0.25, 0.3) is 0 Å². The number of nitrogens with zero attached hydrogens (tertiary/aromatic N) is 1. The van der Waals surface area contributed by atoms with E-state index < -0.39 is 0 Å². The topological polar surface area (TPSA) is 80.1 Å². The molecular weight excluding hydrogens is 258 g/mol. The van der Waals surface area contributed by atoms with Gasteiger partial charge in [0.15, 0.2) is 5.76 Å². The zero-order chi connectivity index (χ0) is 14.7. The van der Waals surface area contributed by atoms with E-state index in [9.17, 15) is 4.79 Å². The molecule has 1 amide bonds. The first-order valence-electron chi connectivity index (χ1n) is 6.57. The van der Waals surface area contributed by atoms with Gasteiger partial charge < -0.3 is 14.5 Å².